The molecule has 0 aromatic carbocycles. The number of hydrogen-bond donors (Lipinski definition) is 1. The van der Waals surface area contributed by atoms with Crippen molar-refractivity contribution in [1.29, 1.82) is 0 Å². The average Bonchev–Trinajstić information content (AvgIpc) is 3.16. The van der Waals surface area contributed by atoms with Crippen LogP contribution in [0.1, 0.15) is 58.8 Å². The third-order valence-corrected chi connectivity index (χ3v) is 5.71. The molecule has 0 saturated carbocycles. The van der Waals surface area contributed by atoms with Crippen molar-refractivity contribution in [2.75, 3.05) is 18.0 Å². The minimum atomic E-state index is -0.105. The largest absolute Gasteiger partial charge is 0.360 e. The zero-order chi connectivity index (χ0) is 21.1. The van der Waals surface area contributed by atoms with E-state index in [0.717, 1.165) is 41.6 Å². The van der Waals surface area contributed by atoms with E-state index >= 15 is 0 Å². The fourth-order valence-corrected chi connectivity index (χ4v) is 4.09. The van der Waals surface area contributed by atoms with E-state index in [0.29, 0.717) is 17.9 Å². The Morgan fingerprint density at radius 3 is 2.47 bits per heavy atom. The van der Waals surface area contributed by atoms with Gasteiger partial charge < -0.3 is 14.7 Å². The molecule has 1 fully saturated rings. The Hall–Kier alpha value is -3.09. The Balaban J connectivity index is 1.41. The van der Waals surface area contributed by atoms with E-state index in [4.69, 9.17) is 4.52 Å². The molecule has 0 atom stereocenters. The van der Waals surface area contributed by atoms with Crippen molar-refractivity contribution in [2.45, 2.75) is 53.0 Å². The first kappa shape index (κ1) is 20.2. The predicted octanol–water partition coefficient (Wildman–Crippen LogP) is 4.10. The minimum Gasteiger partial charge on any atom is -0.360 e. The highest BCUT2D eigenvalue weighted by Gasteiger charge is 2.18. The van der Waals surface area contributed by atoms with Crippen molar-refractivity contribution >= 4 is 11.7 Å². The molecule has 0 spiro atoms. The first-order valence-corrected chi connectivity index (χ1v) is 10.6. The van der Waals surface area contributed by atoms with Gasteiger partial charge in [-0.15, -0.1) is 0 Å². The Labute approximate surface area is 177 Å². The summed E-state index contributed by atoms with van der Waals surface area (Å²) < 4.78 is 7.12. The zero-order valence-electron chi connectivity index (χ0n) is 17.9. The molecule has 0 aliphatic carbocycles. The lowest BCUT2D eigenvalue weighted by Gasteiger charge is -2.21. The molecule has 4 rings (SSSR count). The number of aryl methyl sites for hydroxylation is 2. The number of nitrogens with one attached hydrogen (secondary N) is 1. The lowest BCUT2D eigenvalue weighted by Crippen LogP contribution is -2.25. The van der Waals surface area contributed by atoms with Gasteiger partial charge in [0.25, 0.3) is 5.91 Å². The number of rotatable bonds is 5. The number of carbonyl (C=O) groups is 1. The average molecular weight is 408 g/mol. The van der Waals surface area contributed by atoms with Crippen LogP contribution in [-0.4, -0.2) is 33.7 Å². The van der Waals surface area contributed by atoms with Crippen LogP contribution in [0.25, 0.3) is 5.82 Å². The smallest absolute Gasteiger partial charge is 0.253 e. The molecule has 7 nitrogen and oxygen atoms in total. The van der Waals surface area contributed by atoms with E-state index in [2.05, 4.69) is 32.5 Å². The monoisotopic (exact) mass is 407 g/mol. The van der Waals surface area contributed by atoms with Crippen LogP contribution in [0.4, 0.5) is 5.82 Å². The Morgan fingerprint density at radius 2 is 1.83 bits per heavy atom. The third kappa shape index (κ3) is 4.25. The second-order valence-corrected chi connectivity index (χ2v) is 8.02. The van der Waals surface area contributed by atoms with Crippen molar-refractivity contribution in [3.8, 4) is 5.82 Å². The molecule has 3 aromatic heterocycles. The van der Waals surface area contributed by atoms with E-state index in [-0.39, 0.29) is 5.91 Å². The van der Waals surface area contributed by atoms with Crippen molar-refractivity contribution < 1.29 is 9.32 Å². The van der Waals surface area contributed by atoms with Crippen molar-refractivity contribution in [1.82, 2.24) is 20.0 Å². The standard InChI is InChI=1S/C23H29N5O2/c1-16-12-20(18(3)28(16)22-13-17(2)30-26-22)23(29)25-15-19-8-9-21(24-14-19)27-10-6-4-5-7-11-27/h8-9,12-14H,4-7,10-11,15H2,1-3H3,(H,25,29). The summed E-state index contributed by atoms with van der Waals surface area (Å²) in [6.45, 7) is 8.32. The van der Waals surface area contributed by atoms with Gasteiger partial charge in [0, 0.05) is 43.3 Å². The molecule has 0 bridgehead atoms. The molecule has 1 aliphatic heterocycles. The van der Waals surface area contributed by atoms with Gasteiger partial charge in [-0.05, 0) is 51.3 Å². The van der Waals surface area contributed by atoms with Gasteiger partial charge in [-0.3, -0.25) is 9.36 Å². The second-order valence-electron chi connectivity index (χ2n) is 8.02. The van der Waals surface area contributed by atoms with Crippen LogP contribution in [0, 0.1) is 20.8 Å². The van der Waals surface area contributed by atoms with Gasteiger partial charge in [-0.1, -0.05) is 24.1 Å². The quantitative estimate of drug-likeness (QED) is 0.689. The van der Waals surface area contributed by atoms with E-state index in [1.165, 1.54) is 25.7 Å². The van der Waals surface area contributed by atoms with Gasteiger partial charge in [0.15, 0.2) is 5.82 Å². The number of amides is 1. The SMILES string of the molecule is Cc1cc(-n2c(C)cc(C(=O)NCc3ccc(N4CCCCCC4)nc3)c2C)no1. The van der Waals surface area contributed by atoms with Crippen LogP contribution >= 0.6 is 0 Å². The van der Waals surface area contributed by atoms with Crippen LogP contribution in [0.15, 0.2) is 35.0 Å². The van der Waals surface area contributed by atoms with Crippen LogP contribution < -0.4 is 10.2 Å². The number of pyridine rings is 1. The van der Waals surface area contributed by atoms with Gasteiger partial charge in [-0.2, -0.15) is 0 Å². The van der Waals surface area contributed by atoms with E-state index in [1.807, 2.05) is 43.7 Å². The molecule has 0 unspecified atom stereocenters. The summed E-state index contributed by atoms with van der Waals surface area (Å²) in [6.07, 6.45) is 6.93. The molecule has 1 aliphatic rings. The maximum atomic E-state index is 12.8. The van der Waals surface area contributed by atoms with E-state index in [1.54, 1.807) is 0 Å². The van der Waals surface area contributed by atoms with E-state index < -0.39 is 0 Å². The molecular formula is C23H29N5O2. The van der Waals surface area contributed by atoms with Crippen LogP contribution in [0.3, 0.4) is 0 Å². The summed E-state index contributed by atoms with van der Waals surface area (Å²) in [5, 5.41) is 7.08. The second kappa shape index (κ2) is 8.73. The minimum absolute atomic E-state index is 0.105. The molecule has 1 N–H and O–H groups in total. The number of carbonyl (C=O) groups excluding carboxylic acids is 1. The molecule has 1 saturated heterocycles. The van der Waals surface area contributed by atoms with Crippen LogP contribution in [0.5, 0.6) is 0 Å². The normalized spacial score (nSPS) is 14.6. The van der Waals surface area contributed by atoms with Crippen molar-refractivity contribution in [2.24, 2.45) is 0 Å². The molecule has 0 radical (unpaired) electrons. The van der Waals surface area contributed by atoms with Crippen molar-refractivity contribution in [3.63, 3.8) is 0 Å². The lowest BCUT2D eigenvalue weighted by atomic mass is 10.2. The maximum Gasteiger partial charge on any atom is 0.253 e. The summed E-state index contributed by atoms with van der Waals surface area (Å²) in [5.41, 5.74) is 3.41. The van der Waals surface area contributed by atoms with Gasteiger partial charge in [0.05, 0.1) is 5.56 Å². The van der Waals surface area contributed by atoms with Gasteiger partial charge in [0.2, 0.25) is 0 Å². The number of hydrogen-bond acceptors (Lipinski definition) is 5. The first-order valence-electron chi connectivity index (χ1n) is 10.6. The Bertz CT molecular complexity index is 1010. The highest BCUT2D eigenvalue weighted by Crippen LogP contribution is 2.21. The number of aromatic nitrogens is 3. The van der Waals surface area contributed by atoms with Gasteiger partial charge >= 0.3 is 0 Å². The molecular weight excluding hydrogens is 378 g/mol. The summed E-state index contributed by atoms with van der Waals surface area (Å²) in [5.74, 6) is 2.35. The van der Waals surface area contributed by atoms with Crippen LogP contribution in [-0.2, 0) is 6.54 Å². The highest BCUT2D eigenvalue weighted by atomic mass is 16.5. The fraction of sp³-hybridized carbons (Fsp3) is 0.435. The zero-order valence-corrected chi connectivity index (χ0v) is 17.9. The third-order valence-electron chi connectivity index (χ3n) is 5.71. The van der Waals surface area contributed by atoms with Crippen molar-refractivity contribution in [3.05, 3.63) is 58.7 Å². The maximum absolute atomic E-state index is 12.8. The molecule has 1 amide bonds. The predicted molar refractivity (Wildman–Crippen MR) is 116 cm³/mol. The van der Waals surface area contributed by atoms with Gasteiger partial charge in [-0.25, -0.2) is 4.98 Å². The number of nitrogens with zero attached hydrogens (tertiary/aromatic N) is 4. The first-order chi connectivity index (χ1) is 14.5. The molecule has 4 heterocycles. The molecule has 7 heteroatoms. The van der Waals surface area contributed by atoms with E-state index in [9.17, 15) is 4.79 Å². The summed E-state index contributed by atoms with van der Waals surface area (Å²) in [6, 6.07) is 7.86. The summed E-state index contributed by atoms with van der Waals surface area (Å²) in [7, 11) is 0. The highest BCUT2D eigenvalue weighted by molar-refractivity contribution is 5.95. The fourth-order valence-electron chi connectivity index (χ4n) is 4.09. The Kier molecular flexibility index (Phi) is 5.88. The van der Waals surface area contributed by atoms with Gasteiger partial charge in [0.1, 0.15) is 11.6 Å². The Morgan fingerprint density at radius 1 is 1.07 bits per heavy atom. The molecule has 30 heavy (non-hydrogen) atoms. The molecule has 158 valence electrons. The number of anilines is 1. The topological polar surface area (TPSA) is 76.2 Å². The van der Waals surface area contributed by atoms with Crippen LogP contribution in [0.2, 0.25) is 0 Å². The summed E-state index contributed by atoms with van der Waals surface area (Å²) in [4.78, 5) is 19.8. The summed E-state index contributed by atoms with van der Waals surface area (Å²) >= 11 is 0. The molecule has 3 aromatic rings. The lowest BCUT2D eigenvalue weighted by molar-refractivity contribution is 0.0950.